The summed E-state index contributed by atoms with van der Waals surface area (Å²) in [5.41, 5.74) is 0.403. The Kier molecular flexibility index (Phi) is 3.06. The van der Waals surface area contributed by atoms with E-state index in [1.807, 2.05) is 0 Å². The first-order chi connectivity index (χ1) is 8.82. The zero-order chi connectivity index (χ0) is 14.2. The van der Waals surface area contributed by atoms with Crippen LogP contribution in [0.4, 0.5) is 13.2 Å². The average molecular weight is 265 g/mol. The van der Waals surface area contributed by atoms with Gasteiger partial charge in [-0.25, -0.2) is 4.68 Å². The van der Waals surface area contributed by atoms with Crippen LogP contribution < -0.4 is 0 Å². The Morgan fingerprint density at radius 1 is 1.21 bits per heavy atom. The van der Waals surface area contributed by atoms with Gasteiger partial charge in [-0.3, -0.25) is 0 Å². The molecule has 19 heavy (non-hydrogen) atoms. The van der Waals surface area contributed by atoms with E-state index in [0.29, 0.717) is 0 Å². The molecular formula is C13H10F3N3. The topological polar surface area (TPSA) is 41.6 Å². The lowest BCUT2D eigenvalue weighted by Gasteiger charge is -2.11. The summed E-state index contributed by atoms with van der Waals surface area (Å²) in [5, 5.41) is 12.9. The fourth-order valence-corrected chi connectivity index (χ4v) is 1.89. The predicted molar refractivity (Wildman–Crippen MR) is 62.8 cm³/mol. The summed E-state index contributed by atoms with van der Waals surface area (Å²) >= 11 is 0. The minimum Gasteiger partial charge on any atom is -0.238 e. The molecule has 6 heteroatoms. The van der Waals surface area contributed by atoms with Crippen molar-refractivity contribution in [1.82, 2.24) is 9.78 Å². The second kappa shape index (κ2) is 4.43. The largest absolute Gasteiger partial charge is 0.417 e. The molecule has 0 atom stereocenters. The third-order valence-electron chi connectivity index (χ3n) is 2.68. The van der Waals surface area contributed by atoms with Gasteiger partial charge in [0.25, 0.3) is 0 Å². The summed E-state index contributed by atoms with van der Waals surface area (Å²) in [6, 6.07) is 6.88. The Bertz CT molecular complexity index is 663. The molecule has 0 aliphatic carbocycles. The zero-order valence-corrected chi connectivity index (χ0v) is 10.3. The van der Waals surface area contributed by atoms with Gasteiger partial charge in [-0.2, -0.15) is 23.5 Å². The molecule has 1 aromatic heterocycles. The van der Waals surface area contributed by atoms with Crippen LogP contribution in [0.1, 0.15) is 22.5 Å². The van der Waals surface area contributed by atoms with E-state index >= 15 is 0 Å². The summed E-state index contributed by atoms with van der Waals surface area (Å²) in [6.45, 7) is 3.52. The first kappa shape index (κ1) is 13.1. The molecule has 0 unspecified atom stereocenters. The number of alkyl halides is 3. The summed E-state index contributed by atoms with van der Waals surface area (Å²) in [6.07, 6.45) is -4.56. The third kappa shape index (κ3) is 2.45. The van der Waals surface area contributed by atoms with Gasteiger partial charge < -0.3 is 0 Å². The normalized spacial score (nSPS) is 11.4. The van der Waals surface area contributed by atoms with Crippen molar-refractivity contribution in [2.75, 3.05) is 0 Å². The maximum atomic E-state index is 12.9. The molecule has 1 aromatic carbocycles. The number of nitrogens with zero attached hydrogens (tertiary/aromatic N) is 3. The van der Waals surface area contributed by atoms with Gasteiger partial charge in [-0.1, -0.05) is 0 Å². The molecule has 0 spiro atoms. The standard InChI is InChI=1S/C13H10F3N3/c1-8-5-9(2)19(18-8)11-4-3-10(7-17)12(6-11)13(14,15)16/h3-6H,1-2H3. The van der Waals surface area contributed by atoms with Crippen LogP contribution in [0, 0.1) is 25.2 Å². The van der Waals surface area contributed by atoms with E-state index in [1.165, 1.54) is 10.7 Å². The maximum absolute atomic E-state index is 12.9. The number of halogens is 3. The van der Waals surface area contributed by atoms with Crippen LogP contribution in [0.25, 0.3) is 5.69 Å². The Labute approximate surface area is 107 Å². The number of hydrogen-bond donors (Lipinski definition) is 0. The quantitative estimate of drug-likeness (QED) is 0.793. The molecule has 0 aliphatic rings. The van der Waals surface area contributed by atoms with Crippen LogP contribution in [0.15, 0.2) is 24.3 Å². The van der Waals surface area contributed by atoms with E-state index in [0.717, 1.165) is 23.5 Å². The van der Waals surface area contributed by atoms with Gasteiger partial charge in [-0.05, 0) is 38.1 Å². The van der Waals surface area contributed by atoms with Crippen LogP contribution in [0.3, 0.4) is 0 Å². The second-order valence-corrected chi connectivity index (χ2v) is 4.18. The minimum atomic E-state index is -4.56. The monoisotopic (exact) mass is 265 g/mol. The highest BCUT2D eigenvalue weighted by Gasteiger charge is 2.34. The highest BCUT2D eigenvalue weighted by molar-refractivity contribution is 5.47. The first-order valence-electron chi connectivity index (χ1n) is 5.48. The number of benzene rings is 1. The maximum Gasteiger partial charge on any atom is 0.417 e. The highest BCUT2D eigenvalue weighted by Crippen LogP contribution is 2.33. The van der Waals surface area contributed by atoms with Crippen molar-refractivity contribution in [3.8, 4) is 11.8 Å². The van der Waals surface area contributed by atoms with Gasteiger partial charge in [0.15, 0.2) is 0 Å². The van der Waals surface area contributed by atoms with Crippen molar-refractivity contribution < 1.29 is 13.2 Å². The lowest BCUT2D eigenvalue weighted by atomic mass is 10.1. The molecule has 2 rings (SSSR count). The molecular weight excluding hydrogens is 255 g/mol. The van der Waals surface area contributed by atoms with Gasteiger partial charge in [0.05, 0.1) is 28.6 Å². The highest BCUT2D eigenvalue weighted by atomic mass is 19.4. The molecule has 0 saturated heterocycles. The molecule has 2 aromatic rings. The molecule has 0 amide bonds. The van der Waals surface area contributed by atoms with Gasteiger partial charge in [-0.15, -0.1) is 0 Å². The van der Waals surface area contributed by atoms with Crippen molar-refractivity contribution in [3.05, 3.63) is 46.8 Å². The van der Waals surface area contributed by atoms with Gasteiger partial charge in [0, 0.05) is 5.69 Å². The van der Waals surface area contributed by atoms with Gasteiger partial charge in [0.1, 0.15) is 0 Å². The van der Waals surface area contributed by atoms with Crippen LogP contribution in [-0.2, 0) is 6.18 Å². The van der Waals surface area contributed by atoms with E-state index in [4.69, 9.17) is 5.26 Å². The van der Waals surface area contributed by atoms with Crippen molar-refractivity contribution >= 4 is 0 Å². The van der Waals surface area contributed by atoms with E-state index in [9.17, 15) is 13.2 Å². The fraction of sp³-hybridized carbons (Fsp3) is 0.231. The van der Waals surface area contributed by atoms with Gasteiger partial charge in [0.2, 0.25) is 0 Å². The van der Waals surface area contributed by atoms with Crippen LogP contribution in [0.5, 0.6) is 0 Å². The molecule has 0 radical (unpaired) electrons. The molecule has 1 heterocycles. The summed E-state index contributed by atoms with van der Waals surface area (Å²) in [5.74, 6) is 0. The van der Waals surface area contributed by atoms with Crippen molar-refractivity contribution in [2.24, 2.45) is 0 Å². The molecule has 0 N–H and O–H groups in total. The lowest BCUT2D eigenvalue weighted by molar-refractivity contribution is -0.137. The molecule has 98 valence electrons. The number of hydrogen-bond acceptors (Lipinski definition) is 2. The SMILES string of the molecule is Cc1cc(C)n(-c2ccc(C#N)c(C(F)(F)F)c2)n1. The van der Waals surface area contributed by atoms with Crippen LogP contribution in [0.2, 0.25) is 0 Å². The van der Waals surface area contributed by atoms with E-state index in [2.05, 4.69) is 5.10 Å². The Morgan fingerprint density at radius 3 is 2.37 bits per heavy atom. The lowest BCUT2D eigenvalue weighted by Crippen LogP contribution is -2.10. The molecule has 0 bridgehead atoms. The van der Waals surface area contributed by atoms with Crippen molar-refractivity contribution in [1.29, 1.82) is 5.26 Å². The predicted octanol–water partition coefficient (Wildman–Crippen LogP) is 3.38. The number of nitriles is 1. The molecule has 3 nitrogen and oxygen atoms in total. The van der Waals surface area contributed by atoms with E-state index in [1.54, 1.807) is 26.0 Å². The molecule has 0 saturated carbocycles. The summed E-state index contributed by atoms with van der Waals surface area (Å²) in [7, 11) is 0. The summed E-state index contributed by atoms with van der Waals surface area (Å²) < 4.78 is 40.0. The van der Waals surface area contributed by atoms with Crippen molar-refractivity contribution in [2.45, 2.75) is 20.0 Å². The van der Waals surface area contributed by atoms with Crippen LogP contribution >= 0.6 is 0 Å². The molecule has 0 aliphatic heterocycles. The number of aromatic nitrogens is 2. The molecule has 0 fully saturated rings. The van der Waals surface area contributed by atoms with Crippen LogP contribution in [-0.4, -0.2) is 9.78 Å². The smallest absolute Gasteiger partial charge is 0.238 e. The first-order valence-corrected chi connectivity index (χ1v) is 5.48. The zero-order valence-electron chi connectivity index (χ0n) is 10.3. The summed E-state index contributed by atoms with van der Waals surface area (Å²) in [4.78, 5) is 0. The Hall–Kier alpha value is -2.29. The Balaban J connectivity index is 2.62. The third-order valence-corrected chi connectivity index (χ3v) is 2.68. The van der Waals surface area contributed by atoms with Gasteiger partial charge >= 0.3 is 6.18 Å². The second-order valence-electron chi connectivity index (χ2n) is 4.18. The van der Waals surface area contributed by atoms with Crippen molar-refractivity contribution in [3.63, 3.8) is 0 Å². The number of rotatable bonds is 1. The number of aryl methyl sites for hydroxylation is 2. The van der Waals surface area contributed by atoms with E-state index < -0.39 is 17.3 Å². The van der Waals surface area contributed by atoms with E-state index in [-0.39, 0.29) is 5.69 Å². The Morgan fingerprint density at radius 2 is 1.89 bits per heavy atom. The average Bonchev–Trinajstić information content (AvgIpc) is 2.66. The fourth-order valence-electron chi connectivity index (χ4n) is 1.89. The minimum absolute atomic E-state index is 0.289.